The molecule has 2 heterocycles. The van der Waals surface area contributed by atoms with E-state index in [1.807, 2.05) is 36.4 Å². The van der Waals surface area contributed by atoms with Gasteiger partial charge in [-0.25, -0.2) is 4.39 Å². The maximum atomic E-state index is 14.0. The molecule has 0 fully saturated rings. The molecule has 1 amide bonds. The smallest absolute Gasteiger partial charge is 0.273 e. The predicted octanol–water partition coefficient (Wildman–Crippen LogP) is 5.37. The number of aromatic nitrogens is 2. The van der Waals surface area contributed by atoms with Crippen molar-refractivity contribution in [2.45, 2.75) is 12.5 Å². The number of carbonyl (C=O) groups is 1. The Morgan fingerprint density at radius 3 is 2.56 bits per heavy atom. The van der Waals surface area contributed by atoms with Crippen LogP contribution in [-0.2, 0) is 6.42 Å². The molecule has 6 nitrogen and oxygen atoms in total. The lowest BCUT2D eigenvalue weighted by molar-refractivity contribution is 0.0746. The van der Waals surface area contributed by atoms with Crippen LogP contribution >= 0.6 is 11.6 Å². The minimum atomic E-state index is -0.506. The number of halogens is 2. The molecule has 3 aromatic carbocycles. The number of phenolic OH excluding ortho intramolecular Hbond substituents is 1. The molecule has 1 aliphatic heterocycles. The molecule has 172 valence electrons. The van der Waals surface area contributed by atoms with Crippen LogP contribution in [0.3, 0.4) is 0 Å². The molecule has 4 aromatic rings. The Hall–Kier alpha value is -3.84. The van der Waals surface area contributed by atoms with Gasteiger partial charge in [-0.05, 0) is 60.0 Å². The standard InChI is InChI=1S/C26H21ClFN3O3/c1-34-19-9-2-15(3-10-19)12-13-31-25(16-4-6-17(27)7-5-16)22-23(29-30-24(22)26(31)33)20-14-18(28)8-11-21(20)32/h2-11,14,25,32H,12-13H2,1H3,(H,29,30)/t25-/m1/s1. The van der Waals surface area contributed by atoms with Crippen LogP contribution in [0.1, 0.15) is 33.2 Å². The van der Waals surface area contributed by atoms with E-state index in [1.165, 1.54) is 18.2 Å². The number of methoxy groups -OCH3 is 1. The Bertz CT molecular complexity index is 1350. The van der Waals surface area contributed by atoms with Crippen LogP contribution < -0.4 is 4.74 Å². The highest BCUT2D eigenvalue weighted by atomic mass is 35.5. The summed E-state index contributed by atoms with van der Waals surface area (Å²) in [5, 5.41) is 18.1. The number of phenols is 1. The zero-order chi connectivity index (χ0) is 23.8. The summed E-state index contributed by atoms with van der Waals surface area (Å²) < 4.78 is 19.2. The number of hydrogen-bond donors (Lipinski definition) is 2. The number of nitrogens with one attached hydrogen (secondary N) is 1. The largest absolute Gasteiger partial charge is 0.507 e. The SMILES string of the molecule is COc1ccc(CCN2C(=O)c3[nH]nc(-c4cc(F)ccc4O)c3[C@H]2c2ccc(Cl)cc2)cc1. The first kappa shape index (κ1) is 22.0. The fraction of sp³-hybridized carbons (Fsp3) is 0.154. The molecule has 0 bridgehead atoms. The zero-order valence-electron chi connectivity index (χ0n) is 18.3. The summed E-state index contributed by atoms with van der Waals surface area (Å²) >= 11 is 6.11. The molecule has 0 saturated carbocycles. The quantitative estimate of drug-likeness (QED) is 0.391. The van der Waals surface area contributed by atoms with Crippen LogP contribution in [0.4, 0.5) is 4.39 Å². The second-order valence-corrected chi connectivity index (χ2v) is 8.51. The molecule has 0 radical (unpaired) electrons. The van der Waals surface area contributed by atoms with Crippen LogP contribution in [0.15, 0.2) is 66.7 Å². The highest BCUT2D eigenvalue weighted by Crippen LogP contribution is 2.44. The van der Waals surface area contributed by atoms with Crippen molar-refractivity contribution >= 4 is 17.5 Å². The minimum absolute atomic E-state index is 0.116. The van der Waals surface area contributed by atoms with Crippen LogP contribution in [0.5, 0.6) is 11.5 Å². The van der Waals surface area contributed by atoms with E-state index in [4.69, 9.17) is 16.3 Å². The van der Waals surface area contributed by atoms with E-state index in [0.29, 0.717) is 34.9 Å². The lowest BCUT2D eigenvalue weighted by atomic mass is 9.95. The summed E-state index contributed by atoms with van der Waals surface area (Å²) in [6.45, 7) is 0.440. The third-order valence-electron chi connectivity index (χ3n) is 6.06. The van der Waals surface area contributed by atoms with Crippen LogP contribution in [0, 0.1) is 5.82 Å². The van der Waals surface area contributed by atoms with Crippen LogP contribution in [0.2, 0.25) is 5.02 Å². The van der Waals surface area contributed by atoms with Crippen molar-refractivity contribution in [1.82, 2.24) is 15.1 Å². The van der Waals surface area contributed by atoms with Gasteiger partial charge in [0.25, 0.3) is 5.91 Å². The third-order valence-corrected chi connectivity index (χ3v) is 6.32. The molecule has 0 aliphatic carbocycles. The van der Waals surface area contributed by atoms with E-state index in [0.717, 1.165) is 16.9 Å². The molecular formula is C26H21ClFN3O3. The van der Waals surface area contributed by atoms with Crippen molar-refractivity contribution < 1.29 is 19.0 Å². The number of nitrogens with zero attached hydrogens (tertiary/aromatic N) is 2. The normalized spacial score (nSPS) is 15.0. The van der Waals surface area contributed by atoms with Crippen molar-refractivity contribution in [2.24, 2.45) is 0 Å². The first-order valence-electron chi connectivity index (χ1n) is 10.7. The van der Waals surface area contributed by atoms with Gasteiger partial charge in [-0.2, -0.15) is 5.10 Å². The molecule has 1 aliphatic rings. The van der Waals surface area contributed by atoms with Crippen molar-refractivity contribution in [1.29, 1.82) is 0 Å². The van der Waals surface area contributed by atoms with E-state index >= 15 is 0 Å². The number of rotatable bonds is 6. The molecular weight excluding hydrogens is 457 g/mol. The fourth-order valence-electron chi connectivity index (χ4n) is 4.36. The van der Waals surface area contributed by atoms with E-state index in [9.17, 15) is 14.3 Å². The summed E-state index contributed by atoms with van der Waals surface area (Å²) in [5.41, 5.74) is 3.38. The van der Waals surface area contributed by atoms with Crippen molar-refractivity contribution in [2.75, 3.05) is 13.7 Å². The maximum Gasteiger partial charge on any atom is 0.273 e. The average Bonchev–Trinajstić information content (AvgIpc) is 3.39. The summed E-state index contributed by atoms with van der Waals surface area (Å²) in [4.78, 5) is 15.2. The van der Waals surface area contributed by atoms with Gasteiger partial charge < -0.3 is 14.7 Å². The number of aromatic hydroxyl groups is 1. The number of hydrogen-bond acceptors (Lipinski definition) is 4. The summed E-state index contributed by atoms with van der Waals surface area (Å²) in [7, 11) is 1.62. The lowest BCUT2D eigenvalue weighted by Gasteiger charge is -2.26. The lowest BCUT2D eigenvalue weighted by Crippen LogP contribution is -2.31. The van der Waals surface area contributed by atoms with Crippen molar-refractivity contribution in [3.8, 4) is 22.8 Å². The topological polar surface area (TPSA) is 78.5 Å². The van der Waals surface area contributed by atoms with Crippen LogP contribution in [-0.4, -0.2) is 39.8 Å². The monoisotopic (exact) mass is 477 g/mol. The van der Waals surface area contributed by atoms with Crippen molar-refractivity contribution in [3.63, 3.8) is 0 Å². The highest BCUT2D eigenvalue weighted by Gasteiger charge is 2.42. The van der Waals surface area contributed by atoms with Gasteiger partial charge in [0.2, 0.25) is 0 Å². The van der Waals surface area contributed by atoms with Gasteiger partial charge >= 0.3 is 0 Å². The first-order valence-corrected chi connectivity index (χ1v) is 11.1. The second kappa shape index (κ2) is 8.83. The Balaban J connectivity index is 1.56. The number of fused-ring (bicyclic) bond motifs is 1. The molecule has 2 N–H and O–H groups in total. The number of benzene rings is 3. The predicted molar refractivity (Wildman–Crippen MR) is 127 cm³/mol. The average molecular weight is 478 g/mol. The van der Waals surface area contributed by atoms with Gasteiger partial charge in [0.05, 0.1) is 13.2 Å². The van der Waals surface area contributed by atoms with E-state index < -0.39 is 11.9 Å². The van der Waals surface area contributed by atoms with Gasteiger partial charge in [0.1, 0.15) is 28.7 Å². The molecule has 34 heavy (non-hydrogen) atoms. The van der Waals surface area contributed by atoms with Gasteiger partial charge in [-0.15, -0.1) is 0 Å². The Kier molecular flexibility index (Phi) is 5.71. The fourth-order valence-corrected chi connectivity index (χ4v) is 4.49. The number of ether oxygens (including phenoxy) is 1. The third kappa shape index (κ3) is 3.88. The Morgan fingerprint density at radius 1 is 1.12 bits per heavy atom. The molecule has 8 heteroatoms. The van der Waals surface area contributed by atoms with Gasteiger partial charge in [-0.1, -0.05) is 35.9 Å². The molecule has 0 spiro atoms. The molecule has 1 aromatic heterocycles. The number of H-pyrrole nitrogens is 1. The maximum absolute atomic E-state index is 14.0. The number of aromatic amines is 1. The summed E-state index contributed by atoms with van der Waals surface area (Å²) in [5.74, 6) is -0.0679. The molecule has 1 atom stereocenters. The van der Waals surface area contributed by atoms with Gasteiger partial charge in [0, 0.05) is 22.7 Å². The summed E-state index contributed by atoms with van der Waals surface area (Å²) in [6.07, 6.45) is 0.623. The molecule has 5 rings (SSSR count). The molecule has 0 saturated heterocycles. The molecule has 0 unspecified atom stereocenters. The first-order chi connectivity index (χ1) is 16.5. The number of amides is 1. The second-order valence-electron chi connectivity index (χ2n) is 8.07. The Labute approximate surface area is 200 Å². The van der Waals surface area contributed by atoms with Crippen molar-refractivity contribution in [3.05, 3.63) is 100.0 Å². The Morgan fingerprint density at radius 2 is 1.85 bits per heavy atom. The van der Waals surface area contributed by atoms with Crippen LogP contribution in [0.25, 0.3) is 11.3 Å². The number of carbonyl (C=O) groups excluding carboxylic acids is 1. The highest BCUT2D eigenvalue weighted by molar-refractivity contribution is 6.30. The van der Waals surface area contributed by atoms with Gasteiger partial charge in [0.15, 0.2) is 0 Å². The summed E-state index contributed by atoms with van der Waals surface area (Å²) in [6, 6.07) is 18.1. The van der Waals surface area contributed by atoms with E-state index in [-0.39, 0.29) is 17.2 Å². The van der Waals surface area contributed by atoms with E-state index in [1.54, 1.807) is 24.1 Å². The minimum Gasteiger partial charge on any atom is -0.507 e. The zero-order valence-corrected chi connectivity index (χ0v) is 19.0. The van der Waals surface area contributed by atoms with E-state index in [2.05, 4.69) is 10.2 Å². The van der Waals surface area contributed by atoms with Gasteiger partial charge in [-0.3, -0.25) is 9.89 Å².